The second-order valence-corrected chi connectivity index (χ2v) is 9.20. The molecule has 1 heterocycles. The average Bonchev–Trinajstić information content (AvgIpc) is 3.06. The summed E-state index contributed by atoms with van der Waals surface area (Å²) < 4.78 is 35.1. The lowest BCUT2D eigenvalue weighted by atomic mass is 10.2. The van der Waals surface area contributed by atoms with Gasteiger partial charge in [0.1, 0.15) is 11.2 Å². The minimum Gasteiger partial charge on any atom is -0.465 e. The van der Waals surface area contributed by atoms with Gasteiger partial charge in [-0.2, -0.15) is 0 Å². The van der Waals surface area contributed by atoms with Gasteiger partial charge in [0.25, 0.3) is 10.0 Å². The average molecular weight is 483 g/mol. The molecule has 0 aliphatic rings. The van der Waals surface area contributed by atoms with Crippen molar-refractivity contribution >= 4 is 49.4 Å². The van der Waals surface area contributed by atoms with Crippen LogP contribution in [0.5, 0.6) is 0 Å². The monoisotopic (exact) mass is 482 g/mol. The van der Waals surface area contributed by atoms with Crippen LogP contribution in [0.2, 0.25) is 0 Å². The van der Waals surface area contributed by atoms with Gasteiger partial charge in [-0.1, -0.05) is 15.9 Å². The van der Waals surface area contributed by atoms with E-state index in [0.29, 0.717) is 15.3 Å². The van der Waals surface area contributed by atoms with Crippen LogP contribution in [0.4, 0.5) is 5.69 Å². The third kappa shape index (κ3) is 4.54. The van der Waals surface area contributed by atoms with E-state index in [1.54, 1.807) is 41.2 Å². The molecule has 11 heteroatoms. The Hall–Kier alpha value is -2.37. The van der Waals surface area contributed by atoms with Crippen LogP contribution in [-0.4, -0.2) is 36.3 Å². The predicted molar refractivity (Wildman–Crippen MR) is 108 cm³/mol. The van der Waals surface area contributed by atoms with Gasteiger partial charge in [0.2, 0.25) is 0 Å². The van der Waals surface area contributed by atoms with Crippen molar-refractivity contribution in [3.8, 4) is 0 Å². The number of carbonyl (C=O) groups excluding carboxylic acids is 1. The third-order valence-corrected chi connectivity index (χ3v) is 6.61. The van der Waals surface area contributed by atoms with E-state index in [9.17, 15) is 13.2 Å². The van der Waals surface area contributed by atoms with Gasteiger partial charge in [0.05, 0.1) is 12.7 Å². The zero-order chi connectivity index (χ0) is 20.3. The molecular formula is C17H15BrN4O4S2. The summed E-state index contributed by atoms with van der Waals surface area (Å²) >= 11 is 4.63. The minimum atomic E-state index is -3.99. The molecule has 0 saturated carbocycles. The maximum absolute atomic E-state index is 12.8. The molecule has 1 aromatic heterocycles. The van der Waals surface area contributed by atoms with Crippen molar-refractivity contribution in [3.05, 3.63) is 58.8 Å². The van der Waals surface area contributed by atoms with Gasteiger partial charge in [0.15, 0.2) is 5.16 Å². The van der Waals surface area contributed by atoms with Gasteiger partial charge in [-0.3, -0.25) is 4.72 Å². The van der Waals surface area contributed by atoms with Crippen LogP contribution < -0.4 is 4.72 Å². The van der Waals surface area contributed by atoms with Crippen molar-refractivity contribution in [3.63, 3.8) is 0 Å². The molecule has 3 aromatic rings. The first kappa shape index (κ1) is 20.4. The van der Waals surface area contributed by atoms with E-state index in [-0.39, 0.29) is 10.5 Å². The van der Waals surface area contributed by atoms with E-state index >= 15 is 0 Å². The lowest BCUT2D eigenvalue weighted by Gasteiger charge is -2.12. The second-order valence-electron chi connectivity index (χ2n) is 5.59. The number of benzene rings is 2. The molecule has 0 amide bonds. The summed E-state index contributed by atoms with van der Waals surface area (Å²) in [5.74, 6) is -0.739. The molecule has 0 aliphatic heterocycles. The van der Waals surface area contributed by atoms with Gasteiger partial charge in [0, 0.05) is 22.1 Å². The fourth-order valence-electron chi connectivity index (χ4n) is 2.28. The topological polar surface area (TPSA) is 103 Å². The third-order valence-electron chi connectivity index (χ3n) is 3.62. The van der Waals surface area contributed by atoms with E-state index in [1.807, 2.05) is 7.05 Å². The molecule has 146 valence electrons. The molecule has 0 fully saturated rings. The molecule has 28 heavy (non-hydrogen) atoms. The van der Waals surface area contributed by atoms with Crippen molar-refractivity contribution in [1.82, 2.24) is 14.8 Å². The molecule has 1 N–H and O–H groups in total. The number of aryl methyl sites for hydroxylation is 1. The molecule has 0 spiro atoms. The Kier molecular flexibility index (Phi) is 6.06. The standard InChI is InChI=1S/C17H15BrN4O4S2/c1-22-10-19-20-17(22)27-13-6-4-12(5-7-13)21-28(24,25)15-8-3-11(18)9-14(15)16(23)26-2/h3-10,21H,1-2H3. The van der Waals surface area contributed by atoms with Gasteiger partial charge >= 0.3 is 5.97 Å². The van der Waals surface area contributed by atoms with Crippen molar-refractivity contribution in [1.29, 1.82) is 0 Å². The van der Waals surface area contributed by atoms with Crippen LogP contribution in [0.25, 0.3) is 0 Å². The zero-order valence-electron chi connectivity index (χ0n) is 14.8. The van der Waals surface area contributed by atoms with Gasteiger partial charge in [-0.05, 0) is 54.2 Å². The Labute approximate surface area is 174 Å². The number of hydrogen-bond donors (Lipinski definition) is 1. The van der Waals surface area contributed by atoms with Crippen LogP contribution in [0.15, 0.2) is 68.2 Å². The van der Waals surface area contributed by atoms with Crippen LogP contribution in [0.3, 0.4) is 0 Å². The van der Waals surface area contributed by atoms with E-state index < -0.39 is 16.0 Å². The highest BCUT2D eigenvalue weighted by atomic mass is 79.9. The smallest absolute Gasteiger partial charge is 0.339 e. The number of ether oxygens (including phenoxy) is 1. The molecule has 0 bridgehead atoms. The van der Waals surface area contributed by atoms with Gasteiger partial charge in [-0.25, -0.2) is 13.2 Å². The minimum absolute atomic E-state index is 0.0566. The Morgan fingerprint density at radius 2 is 1.93 bits per heavy atom. The molecule has 3 rings (SSSR count). The Morgan fingerprint density at radius 1 is 1.21 bits per heavy atom. The van der Waals surface area contributed by atoms with E-state index in [1.165, 1.54) is 31.0 Å². The Bertz CT molecular complexity index is 1110. The summed E-state index contributed by atoms with van der Waals surface area (Å²) in [5.41, 5.74) is 0.305. The normalized spacial score (nSPS) is 11.2. The predicted octanol–water partition coefficient (Wildman–Crippen LogP) is 3.32. The van der Waals surface area contributed by atoms with Crippen LogP contribution >= 0.6 is 27.7 Å². The molecule has 0 unspecified atom stereocenters. The number of methoxy groups -OCH3 is 1. The van der Waals surface area contributed by atoms with E-state index in [4.69, 9.17) is 0 Å². The fourth-order valence-corrected chi connectivity index (χ4v) is 4.64. The van der Waals surface area contributed by atoms with Gasteiger partial charge in [-0.15, -0.1) is 10.2 Å². The van der Waals surface area contributed by atoms with Gasteiger partial charge < -0.3 is 9.30 Å². The first-order valence-corrected chi connectivity index (χ1v) is 10.9. The lowest BCUT2D eigenvalue weighted by Crippen LogP contribution is -2.17. The molecule has 2 aromatic carbocycles. The highest BCUT2D eigenvalue weighted by Gasteiger charge is 2.23. The summed E-state index contributed by atoms with van der Waals surface area (Å²) in [6.07, 6.45) is 1.60. The highest BCUT2D eigenvalue weighted by molar-refractivity contribution is 9.10. The fraction of sp³-hybridized carbons (Fsp3) is 0.118. The molecule has 0 radical (unpaired) electrons. The van der Waals surface area contributed by atoms with Crippen molar-refractivity contribution < 1.29 is 17.9 Å². The molecule has 0 aliphatic carbocycles. The summed E-state index contributed by atoms with van der Waals surface area (Å²) in [7, 11) is -0.960. The van der Waals surface area contributed by atoms with Crippen molar-refractivity contribution in [2.24, 2.45) is 7.05 Å². The maximum atomic E-state index is 12.8. The first-order valence-electron chi connectivity index (χ1n) is 7.83. The molecule has 0 atom stereocenters. The molecular weight excluding hydrogens is 468 g/mol. The number of nitrogens with zero attached hydrogens (tertiary/aromatic N) is 3. The number of aromatic nitrogens is 3. The quantitative estimate of drug-likeness (QED) is 0.537. The van der Waals surface area contributed by atoms with E-state index in [0.717, 1.165) is 4.90 Å². The summed E-state index contributed by atoms with van der Waals surface area (Å²) in [4.78, 5) is 12.7. The number of hydrogen-bond acceptors (Lipinski definition) is 7. The second kappa shape index (κ2) is 8.33. The summed E-state index contributed by atoms with van der Waals surface area (Å²) in [5, 5.41) is 8.52. The molecule has 0 saturated heterocycles. The first-order chi connectivity index (χ1) is 13.3. The largest absolute Gasteiger partial charge is 0.465 e. The number of esters is 1. The highest BCUT2D eigenvalue weighted by Crippen LogP contribution is 2.28. The van der Waals surface area contributed by atoms with Crippen LogP contribution in [0.1, 0.15) is 10.4 Å². The Balaban J connectivity index is 1.83. The summed E-state index contributed by atoms with van der Waals surface area (Å²) in [6, 6.07) is 11.1. The van der Waals surface area contributed by atoms with Crippen LogP contribution in [0, 0.1) is 0 Å². The Morgan fingerprint density at radius 3 is 2.54 bits per heavy atom. The van der Waals surface area contributed by atoms with E-state index in [2.05, 4.69) is 35.6 Å². The zero-order valence-corrected chi connectivity index (χ0v) is 18.0. The number of carbonyl (C=O) groups is 1. The van der Waals surface area contributed by atoms with Crippen molar-refractivity contribution in [2.75, 3.05) is 11.8 Å². The maximum Gasteiger partial charge on any atom is 0.339 e. The number of sulfonamides is 1. The SMILES string of the molecule is COC(=O)c1cc(Br)ccc1S(=O)(=O)Nc1ccc(Sc2nncn2C)cc1. The number of rotatable bonds is 6. The summed E-state index contributed by atoms with van der Waals surface area (Å²) in [6.45, 7) is 0. The number of anilines is 1. The van der Waals surface area contributed by atoms with Crippen molar-refractivity contribution in [2.45, 2.75) is 14.9 Å². The van der Waals surface area contributed by atoms with Crippen LogP contribution in [-0.2, 0) is 21.8 Å². The molecule has 8 nitrogen and oxygen atoms in total. The lowest BCUT2D eigenvalue weighted by molar-refractivity contribution is 0.0596. The number of halogens is 1. The number of nitrogens with one attached hydrogen (secondary N) is 1.